The normalized spacial score (nSPS) is 13.2. The summed E-state index contributed by atoms with van der Waals surface area (Å²) >= 11 is 0. The molecule has 3 heterocycles. The van der Waals surface area contributed by atoms with Gasteiger partial charge in [0, 0.05) is 29.9 Å². The van der Waals surface area contributed by atoms with Crippen LogP contribution in [0.25, 0.3) is 11.1 Å². The lowest BCUT2D eigenvalue weighted by atomic mass is 10.0. The highest BCUT2D eigenvalue weighted by molar-refractivity contribution is 5.86. The van der Waals surface area contributed by atoms with E-state index in [1.54, 1.807) is 0 Å². The summed E-state index contributed by atoms with van der Waals surface area (Å²) in [6.07, 6.45) is -2.27. The molecule has 0 saturated heterocycles. The van der Waals surface area contributed by atoms with Crippen LogP contribution >= 0.6 is 0 Å². The van der Waals surface area contributed by atoms with Crippen molar-refractivity contribution in [3.05, 3.63) is 71.5 Å². The molecule has 0 aliphatic rings. The van der Waals surface area contributed by atoms with Crippen LogP contribution in [0.1, 0.15) is 35.7 Å². The molecule has 0 aliphatic heterocycles. The molecule has 0 radical (unpaired) electrons. The molecule has 12 heteroatoms. The summed E-state index contributed by atoms with van der Waals surface area (Å²) in [5.41, 5.74) is 2.40. The van der Waals surface area contributed by atoms with Gasteiger partial charge >= 0.3 is 12.1 Å². The van der Waals surface area contributed by atoms with Gasteiger partial charge in [0.2, 0.25) is 11.3 Å². The van der Waals surface area contributed by atoms with E-state index in [9.17, 15) is 18.3 Å². The number of rotatable bonds is 5. The highest BCUT2D eigenvalue weighted by Gasteiger charge is 2.32. The van der Waals surface area contributed by atoms with Gasteiger partial charge in [-0.25, -0.2) is 4.99 Å². The first kappa shape index (κ1) is 23.0. The fraction of sp³-hybridized carbons (Fsp3) is 0.227. The number of aromatic nitrogens is 4. The van der Waals surface area contributed by atoms with Crippen LogP contribution in [-0.4, -0.2) is 21.4 Å². The van der Waals surface area contributed by atoms with Gasteiger partial charge in [0.25, 0.3) is 6.20 Å². The monoisotopic (exact) mass is 472 g/mol. The summed E-state index contributed by atoms with van der Waals surface area (Å²) < 4.78 is 50.1. The predicted octanol–water partition coefficient (Wildman–Crippen LogP) is 3.72. The van der Waals surface area contributed by atoms with Crippen LogP contribution < -0.4 is 15.1 Å². The van der Waals surface area contributed by atoms with E-state index in [0.29, 0.717) is 6.07 Å². The molecule has 1 atom stereocenters. The number of nitrogens with one attached hydrogen (secondary N) is 1. The van der Waals surface area contributed by atoms with Crippen LogP contribution in [0.5, 0.6) is 0 Å². The van der Waals surface area contributed by atoms with Crippen LogP contribution in [0.4, 0.5) is 24.7 Å². The SMILES string of the molecule is Cc1noc(C)c1-c1ccc(C(C)[n+]2cc(N=C([O-])Nc3ccnc(C(F)(F)F)c3)on2)cc1. The number of amidine groups is 1. The Labute approximate surface area is 191 Å². The third-order valence-corrected chi connectivity index (χ3v) is 5.10. The standard InChI is InChI=1S/C22H19F3N6O3/c1-12-20(14(3)33-29-12)16-6-4-15(5-7-16)13(2)31-11-19(34-30-31)28-21(32)27-17-8-9-26-18(10-17)22(23,24)25/h4-11,13H,1-3H3,(H-,26,27,28,30,32). The number of aryl methyl sites for hydroxylation is 2. The molecule has 3 aromatic heterocycles. The molecular formula is C22H19F3N6O3. The number of hydrogen-bond donors (Lipinski definition) is 1. The van der Waals surface area contributed by atoms with Gasteiger partial charge in [0.1, 0.15) is 11.5 Å². The molecule has 0 aliphatic carbocycles. The molecule has 4 rings (SSSR count). The molecule has 4 aromatic rings. The number of aliphatic imine (C=N–C) groups is 1. The third kappa shape index (κ3) is 4.90. The quantitative estimate of drug-likeness (QED) is 0.267. The first-order chi connectivity index (χ1) is 16.1. The summed E-state index contributed by atoms with van der Waals surface area (Å²) in [4.78, 5) is 6.93. The first-order valence-electron chi connectivity index (χ1n) is 10.1. The van der Waals surface area contributed by atoms with Crippen LogP contribution in [0.3, 0.4) is 0 Å². The first-order valence-corrected chi connectivity index (χ1v) is 10.1. The van der Waals surface area contributed by atoms with E-state index in [1.807, 2.05) is 45.0 Å². The molecule has 0 saturated carbocycles. The number of benzene rings is 1. The summed E-state index contributed by atoms with van der Waals surface area (Å²) in [5, 5.41) is 22.2. The van der Waals surface area contributed by atoms with Crippen LogP contribution in [0.2, 0.25) is 0 Å². The highest BCUT2D eigenvalue weighted by atomic mass is 19.4. The third-order valence-electron chi connectivity index (χ3n) is 5.10. The van der Waals surface area contributed by atoms with Crippen molar-refractivity contribution >= 4 is 17.6 Å². The Balaban J connectivity index is 1.47. The zero-order valence-corrected chi connectivity index (χ0v) is 18.3. The van der Waals surface area contributed by atoms with Crippen molar-refractivity contribution in [2.24, 2.45) is 4.99 Å². The molecule has 1 unspecified atom stereocenters. The van der Waals surface area contributed by atoms with Gasteiger partial charge in [-0.1, -0.05) is 29.4 Å². The number of nitrogens with zero attached hydrogens (tertiary/aromatic N) is 5. The average Bonchev–Trinajstić information content (AvgIpc) is 3.39. The molecule has 0 fully saturated rings. The van der Waals surface area contributed by atoms with Gasteiger partial charge in [0.05, 0.1) is 11.7 Å². The Kier molecular flexibility index (Phi) is 6.05. The lowest BCUT2D eigenvalue weighted by molar-refractivity contribution is -0.774. The second kappa shape index (κ2) is 8.96. The topological polar surface area (TPSA) is 116 Å². The Morgan fingerprint density at radius 3 is 2.53 bits per heavy atom. The Bertz CT molecular complexity index is 1310. The van der Waals surface area contributed by atoms with Crippen molar-refractivity contribution in [1.29, 1.82) is 0 Å². The maximum Gasteiger partial charge on any atom is 0.433 e. The second-order valence-electron chi connectivity index (χ2n) is 7.49. The van der Waals surface area contributed by atoms with E-state index in [0.717, 1.165) is 34.3 Å². The highest BCUT2D eigenvalue weighted by Crippen LogP contribution is 2.29. The fourth-order valence-corrected chi connectivity index (χ4v) is 3.37. The van der Waals surface area contributed by atoms with Gasteiger partial charge in [0.15, 0.2) is 0 Å². The molecule has 9 nitrogen and oxygen atoms in total. The van der Waals surface area contributed by atoms with Gasteiger partial charge in [-0.2, -0.15) is 13.2 Å². The molecule has 176 valence electrons. The van der Waals surface area contributed by atoms with E-state index < -0.39 is 17.9 Å². The number of alkyl halides is 3. The Morgan fingerprint density at radius 2 is 1.88 bits per heavy atom. The van der Waals surface area contributed by atoms with Crippen molar-refractivity contribution in [3.8, 4) is 11.1 Å². The van der Waals surface area contributed by atoms with E-state index in [1.165, 1.54) is 16.9 Å². The maximum absolute atomic E-state index is 12.8. The van der Waals surface area contributed by atoms with Gasteiger partial charge in [-0.15, -0.1) is 0 Å². The lowest BCUT2D eigenvalue weighted by Gasteiger charge is -2.13. The minimum atomic E-state index is -4.63. The number of pyridine rings is 1. The lowest BCUT2D eigenvalue weighted by Crippen LogP contribution is -2.39. The summed E-state index contributed by atoms with van der Waals surface area (Å²) in [7, 11) is 0. The predicted molar refractivity (Wildman–Crippen MR) is 112 cm³/mol. The molecule has 0 amide bonds. The van der Waals surface area contributed by atoms with Gasteiger partial charge in [-0.05, 0) is 36.2 Å². The molecule has 1 aromatic carbocycles. The maximum atomic E-state index is 12.8. The minimum Gasteiger partial charge on any atom is -0.846 e. The van der Waals surface area contributed by atoms with Crippen LogP contribution in [-0.2, 0) is 6.18 Å². The molecule has 0 spiro atoms. The molecule has 34 heavy (non-hydrogen) atoms. The van der Waals surface area contributed by atoms with Crippen LogP contribution in [0.15, 0.2) is 62.8 Å². The molecule has 1 N–H and O–H groups in total. The van der Waals surface area contributed by atoms with E-state index >= 15 is 0 Å². The summed E-state index contributed by atoms with van der Waals surface area (Å²) in [6, 6.07) is 8.52. The minimum absolute atomic E-state index is 0.102. The van der Waals surface area contributed by atoms with Crippen molar-refractivity contribution in [3.63, 3.8) is 0 Å². The van der Waals surface area contributed by atoms with E-state index in [4.69, 9.17) is 9.05 Å². The average molecular weight is 472 g/mol. The van der Waals surface area contributed by atoms with Crippen LogP contribution in [0, 0.1) is 13.8 Å². The van der Waals surface area contributed by atoms with Crippen molar-refractivity contribution < 1.29 is 32.0 Å². The number of hydrogen-bond acceptors (Lipinski definition) is 7. The largest absolute Gasteiger partial charge is 0.846 e. The number of halogens is 3. The van der Waals surface area contributed by atoms with E-state index in [2.05, 4.69) is 25.7 Å². The second-order valence-corrected chi connectivity index (χ2v) is 7.49. The molecular weight excluding hydrogens is 453 g/mol. The smallest absolute Gasteiger partial charge is 0.433 e. The Hall–Kier alpha value is -4.22. The number of anilines is 1. The summed E-state index contributed by atoms with van der Waals surface area (Å²) in [6.45, 7) is 5.61. The fourth-order valence-electron chi connectivity index (χ4n) is 3.37. The van der Waals surface area contributed by atoms with Crippen molar-refractivity contribution in [2.45, 2.75) is 33.0 Å². The van der Waals surface area contributed by atoms with Crippen molar-refractivity contribution in [1.82, 2.24) is 15.4 Å². The zero-order valence-electron chi connectivity index (χ0n) is 18.3. The van der Waals surface area contributed by atoms with Crippen molar-refractivity contribution in [2.75, 3.05) is 5.32 Å². The Morgan fingerprint density at radius 1 is 1.15 bits per heavy atom. The van der Waals surface area contributed by atoms with E-state index in [-0.39, 0.29) is 17.6 Å². The summed E-state index contributed by atoms with van der Waals surface area (Å²) in [5.74, 6) is 0.622. The van der Waals surface area contributed by atoms with Gasteiger partial charge < -0.3 is 14.9 Å². The zero-order chi connectivity index (χ0) is 24.5. The molecule has 0 bridgehead atoms. The van der Waals surface area contributed by atoms with Gasteiger partial charge in [-0.3, -0.25) is 9.51 Å².